The van der Waals surface area contributed by atoms with Gasteiger partial charge in [0.15, 0.2) is 11.5 Å². The molecule has 1 saturated heterocycles. The van der Waals surface area contributed by atoms with Crippen LogP contribution < -0.4 is 15.2 Å². The quantitative estimate of drug-likeness (QED) is 0.845. The van der Waals surface area contributed by atoms with Crippen LogP contribution in [0.5, 0.6) is 11.5 Å². The first-order chi connectivity index (χ1) is 9.80. The van der Waals surface area contributed by atoms with Gasteiger partial charge < -0.3 is 24.5 Å². The summed E-state index contributed by atoms with van der Waals surface area (Å²) in [5.74, 6) is 1.11. The van der Waals surface area contributed by atoms with Crippen molar-refractivity contribution in [1.82, 2.24) is 0 Å². The lowest BCUT2D eigenvalue weighted by Crippen LogP contribution is -2.41. The molecule has 0 aliphatic carbocycles. The summed E-state index contributed by atoms with van der Waals surface area (Å²) in [4.78, 5) is 0. The van der Waals surface area contributed by atoms with Gasteiger partial charge in [-0.3, -0.25) is 0 Å². The first kappa shape index (κ1) is 14.7. The monoisotopic (exact) mass is 291 g/mol. The zero-order valence-corrected chi connectivity index (χ0v) is 13.0. The normalized spacial score (nSPS) is 24.0. The van der Waals surface area contributed by atoms with Gasteiger partial charge in [-0.1, -0.05) is 6.07 Å². The molecule has 1 aromatic carbocycles. The summed E-state index contributed by atoms with van der Waals surface area (Å²) in [5, 5.41) is 0. The first-order valence-corrected chi connectivity index (χ1v) is 7.31. The Hall–Kier alpha value is -1.24. The molecule has 114 valence electrons. The molecule has 0 radical (unpaired) electrons. The van der Waals surface area contributed by atoms with Crippen molar-refractivity contribution in [2.75, 3.05) is 13.2 Å². The minimum absolute atomic E-state index is 0.373. The number of ether oxygens (including phenoxy) is 2. The van der Waals surface area contributed by atoms with Gasteiger partial charge in [0, 0.05) is 0 Å². The topological polar surface area (TPSA) is 62.9 Å². The summed E-state index contributed by atoms with van der Waals surface area (Å²) in [6, 6.07) is 5.72. The highest BCUT2D eigenvalue weighted by Gasteiger charge is 2.53. The van der Waals surface area contributed by atoms with Crippen LogP contribution in [0.2, 0.25) is 0 Å². The SMILES string of the molecule is CC1(C)OB([C@@H](N)c2ccc3c(c2)OCCO3)OC1(C)C. The molecule has 2 aliphatic rings. The molecule has 1 fully saturated rings. The average Bonchev–Trinajstić information content (AvgIpc) is 2.66. The smallest absolute Gasteiger partial charge is 0.480 e. The molecule has 0 saturated carbocycles. The zero-order chi connectivity index (χ0) is 15.3. The molecule has 0 amide bonds. The highest BCUT2D eigenvalue weighted by atomic mass is 16.7. The second kappa shape index (κ2) is 4.90. The first-order valence-electron chi connectivity index (χ1n) is 7.31. The van der Waals surface area contributed by atoms with E-state index < -0.39 is 7.12 Å². The number of hydrogen-bond donors (Lipinski definition) is 1. The molecule has 0 unspecified atom stereocenters. The maximum atomic E-state index is 6.33. The minimum atomic E-state index is -0.474. The van der Waals surface area contributed by atoms with Crippen LogP contribution in [0.1, 0.15) is 39.2 Å². The Labute approximate surface area is 125 Å². The maximum absolute atomic E-state index is 6.33. The average molecular weight is 291 g/mol. The highest BCUT2D eigenvalue weighted by Crippen LogP contribution is 2.40. The third kappa shape index (κ3) is 2.52. The van der Waals surface area contributed by atoms with Gasteiger partial charge in [0.1, 0.15) is 13.2 Å². The van der Waals surface area contributed by atoms with Crippen molar-refractivity contribution in [2.45, 2.75) is 44.8 Å². The lowest BCUT2D eigenvalue weighted by atomic mass is 9.75. The van der Waals surface area contributed by atoms with Gasteiger partial charge in [-0.15, -0.1) is 0 Å². The van der Waals surface area contributed by atoms with Crippen molar-refractivity contribution in [3.05, 3.63) is 23.8 Å². The van der Waals surface area contributed by atoms with Gasteiger partial charge in [0.2, 0.25) is 0 Å². The van der Waals surface area contributed by atoms with E-state index in [4.69, 9.17) is 24.5 Å². The van der Waals surface area contributed by atoms with Crippen LogP contribution in [0.25, 0.3) is 0 Å². The molecule has 5 nitrogen and oxygen atoms in total. The van der Waals surface area contributed by atoms with Gasteiger partial charge in [0.05, 0.1) is 17.1 Å². The van der Waals surface area contributed by atoms with Crippen LogP contribution in [0, 0.1) is 0 Å². The van der Waals surface area contributed by atoms with Crippen LogP contribution in [-0.2, 0) is 9.31 Å². The minimum Gasteiger partial charge on any atom is -0.486 e. The van der Waals surface area contributed by atoms with E-state index in [1.165, 1.54) is 0 Å². The summed E-state index contributed by atoms with van der Waals surface area (Å²) >= 11 is 0. The summed E-state index contributed by atoms with van der Waals surface area (Å²) < 4.78 is 23.1. The van der Waals surface area contributed by atoms with Crippen molar-refractivity contribution < 1.29 is 18.8 Å². The van der Waals surface area contributed by atoms with E-state index in [1.807, 2.05) is 45.9 Å². The predicted molar refractivity (Wildman–Crippen MR) is 80.4 cm³/mol. The van der Waals surface area contributed by atoms with Crippen molar-refractivity contribution in [1.29, 1.82) is 0 Å². The molecule has 21 heavy (non-hydrogen) atoms. The molecule has 2 N–H and O–H groups in total. The Morgan fingerprint density at radius 2 is 1.57 bits per heavy atom. The molecular formula is C15H22BNO4. The van der Waals surface area contributed by atoms with Crippen molar-refractivity contribution in [3.8, 4) is 11.5 Å². The summed E-state index contributed by atoms with van der Waals surface area (Å²) in [6.07, 6.45) is 0. The molecule has 1 aromatic rings. The number of hydrogen-bond acceptors (Lipinski definition) is 5. The van der Waals surface area contributed by atoms with Gasteiger partial charge in [-0.2, -0.15) is 0 Å². The molecule has 1 atom stereocenters. The maximum Gasteiger partial charge on any atom is 0.480 e. The summed E-state index contributed by atoms with van der Waals surface area (Å²) in [7, 11) is -0.474. The highest BCUT2D eigenvalue weighted by molar-refractivity contribution is 6.47. The lowest BCUT2D eigenvalue weighted by molar-refractivity contribution is 0.00578. The van der Waals surface area contributed by atoms with Crippen LogP contribution in [0.4, 0.5) is 0 Å². The number of rotatable bonds is 2. The largest absolute Gasteiger partial charge is 0.486 e. The van der Waals surface area contributed by atoms with E-state index in [1.54, 1.807) is 0 Å². The van der Waals surface area contributed by atoms with Crippen LogP contribution >= 0.6 is 0 Å². The van der Waals surface area contributed by atoms with Gasteiger partial charge in [-0.05, 0) is 45.4 Å². The van der Waals surface area contributed by atoms with Gasteiger partial charge in [-0.25, -0.2) is 0 Å². The molecule has 0 spiro atoms. The van der Waals surface area contributed by atoms with E-state index in [2.05, 4.69) is 0 Å². The summed E-state index contributed by atoms with van der Waals surface area (Å²) in [5.41, 5.74) is 6.47. The van der Waals surface area contributed by atoms with E-state index in [9.17, 15) is 0 Å². The molecular weight excluding hydrogens is 269 g/mol. The lowest BCUT2D eigenvalue weighted by Gasteiger charge is -2.32. The fraction of sp³-hybridized carbons (Fsp3) is 0.600. The Morgan fingerprint density at radius 1 is 1.00 bits per heavy atom. The Morgan fingerprint density at radius 3 is 2.19 bits per heavy atom. The van der Waals surface area contributed by atoms with Crippen LogP contribution in [0.3, 0.4) is 0 Å². The second-order valence-corrected chi connectivity index (χ2v) is 6.55. The molecule has 2 heterocycles. The number of fused-ring (bicyclic) bond motifs is 1. The van der Waals surface area contributed by atoms with Crippen molar-refractivity contribution in [3.63, 3.8) is 0 Å². The fourth-order valence-electron chi connectivity index (χ4n) is 2.46. The number of nitrogens with two attached hydrogens (primary N) is 1. The predicted octanol–water partition coefficient (Wildman–Crippen LogP) is 2.09. The van der Waals surface area contributed by atoms with E-state index in [0.29, 0.717) is 13.2 Å². The van der Waals surface area contributed by atoms with Crippen molar-refractivity contribution >= 4 is 7.12 Å². The number of benzene rings is 1. The Balaban J connectivity index is 1.82. The van der Waals surface area contributed by atoms with Crippen LogP contribution in [0.15, 0.2) is 18.2 Å². The van der Waals surface area contributed by atoms with E-state index in [0.717, 1.165) is 17.1 Å². The molecule has 3 rings (SSSR count). The van der Waals surface area contributed by atoms with Crippen LogP contribution in [-0.4, -0.2) is 31.5 Å². The molecule has 6 heteroatoms. The Bertz CT molecular complexity index is 530. The van der Waals surface area contributed by atoms with Crippen molar-refractivity contribution in [2.24, 2.45) is 5.73 Å². The standard InChI is InChI=1S/C15H22BNO4/c1-14(2)15(3,4)21-16(20-14)13(17)10-5-6-11-12(9-10)19-8-7-18-11/h5-6,9,13H,7-8,17H2,1-4H3/t13-/m0/s1. The van der Waals surface area contributed by atoms with Gasteiger partial charge in [0.25, 0.3) is 0 Å². The molecule has 2 aliphatic heterocycles. The summed E-state index contributed by atoms with van der Waals surface area (Å²) in [6.45, 7) is 9.21. The molecule has 0 bridgehead atoms. The Kier molecular flexibility index (Phi) is 3.43. The second-order valence-electron chi connectivity index (χ2n) is 6.55. The van der Waals surface area contributed by atoms with Gasteiger partial charge >= 0.3 is 7.12 Å². The third-order valence-corrected chi connectivity index (χ3v) is 4.52. The molecule has 0 aromatic heterocycles. The zero-order valence-electron chi connectivity index (χ0n) is 13.0. The van der Waals surface area contributed by atoms with E-state index in [-0.39, 0.29) is 17.1 Å². The van der Waals surface area contributed by atoms with E-state index >= 15 is 0 Å². The third-order valence-electron chi connectivity index (χ3n) is 4.52. The fourth-order valence-corrected chi connectivity index (χ4v) is 2.46.